The molecule has 78 valence electrons. The van der Waals surface area contributed by atoms with E-state index in [0.717, 1.165) is 29.9 Å². The minimum atomic E-state index is -0.459. The van der Waals surface area contributed by atoms with E-state index in [0.29, 0.717) is 12.1 Å². The van der Waals surface area contributed by atoms with Gasteiger partial charge in [-0.05, 0) is 29.9 Å². The van der Waals surface area contributed by atoms with Gasteiger partial charge in [-0.2, -0.15) is 11.8 Å². The highest BCUT2D eigenvalue weighted by molar-refractivity contribution is 7.99. The minimum Gasteiger partial charge on any atom is -0.464 e. The maximum absolute atomic E-state index is 11.3. The largest absolute Gasteiger partial charge is 0.464 e. The van der Waals surface area contributed by atoms with E-state index in [1.165, 1.54) is 7.11 Å². The summed E-state index contributed by atoms with van der Waals surface area (Å²) in [6, 6.07) is 0. The van der Waals surface area contributed by atoms with Crippen LogP contribution in [0.3, 0.4) is 0 Å². The maximum atomic E-state index is 11.3. The van der Waals surface area contributed by atoms with E-state index in [4.69, 9.17) is 0 Å². The van der Waals surface area contributed by atoms with E-state index >= 15 is 0 Å². The van der Waals surface area contributed by atoms with Gasteiger partial charge in [0, 0.05) is 0 Å². The third-order valence-corrected chi connectivity index (χ3v) is 3.03. The van der Waals surface area contributed by atoms with Gasteiger partial charge in [0.05, 0.1) is 7.11 Å². The van der Waals surface area contributed by atoms with E-state index in [9.17, 15) is 9.59 Å². The van der Waals surface area contributed by atoms with Crippen molar-refractivity contribution in [2.24, 2.45) is 0 Å². The summed E-state index contributed by atoms with van der Waals surface area (Å²) in [7, 11) is 1.31. The first-order valence-electron chi connectivity index (χ1n) is 4.38. The van der Waals surface area contributed by atoms with Crippen molar-refractivity contribution < 1.29 is 14.3 Å². The lowest BCUT2D eigenvalue weighted by Crippen LogP contribution is -2.23. The normalized spacial score (nSPS) is 15.9. The number of hydrogen-bond donors (Lipinski definition) is 1. The van der Waals surface area contributed by atoms with Crippen molar-refractivity contribution in [3.63, 3.8) is 0 Å². The van der Waals surface area contributed by atoms with Gasteiger partial charge >= 0.3 is 5.97 Å². The quantitative estimate of drug-likeness (QED) is 0.427. The second-order valence-corrected chi connectivity index (χ2v) is 4.07. The molecule has 0 aromatic carbocycles. The van der Waals surface area contributed by atoms with Crippen molar-refractivity contribution in [1.82, 2.24) is 5.32 Å². The number of ether oxygens (including phenoxy) is 1. The third kappa shape index (κ3) is 2.77. The average Bonchev–Trinajstić information content (AvgIpc) is 2.26. The Morgan fingerprint density at radius 3 is 2.64 bits per heavy atom. The summed E-state index contributed by atoms with van der Waals surface area (Å²) in [6.45, 7) is 0. The van der Waals surface area contributed by atoms with Gasteiger partial charge in [-0.15, -0.1) is 0 Å². The lowest BCUT2D eigenvalue weighted by Gasteiger charge is -2.16. The molecule has 1 N–H and O–H groups in total. The van der Waals surface area contributed by atoms with Crippen LogP contribution in [-0.4, -0.2) is 31.0 Å². The Bertz CT molecular complexity index is 255. The van der Waals surface area contributed by atoms with Crippen LogP contribution in [-0.2, 0) is 14.3 Å². The van der Waals surface area contributed by atoms with E-state index in [2.05, 4.69) is 10.1 Å². The predicted octanol–water partition coefficient (Wildman–Crippen LogP) is 0.686. The Labute approximate surface area is 87.1 Å². The molecule has 1 fully saturated rings. The van der Waals surface area contributed by atoms with Crippen molar-refractivity contribution in [1.29, 1.82) is 0 Å². The number of amides is 1. The summed E-state index contributed by atoms with van der Waals surface area (Å²) >= 11 is 1.85. The fourth-order valence-corrected chi connectivity index (χ4v) is 2.32. The average molecular weight is 215 g/mol. The van der Waals surface area contributed by atoms with Crippen LogP contribution in [0.1, 0.15) is 12.8 Å². The van der Waals surface area contributed by atoms with Crippen molar-refractivity contribution >= 4 is 24.1 Å². The molecule has 1 heterocycles. The van der Waals surface area contributed by atoms with Gasteiger partial charge in [0.1, 0.15) is 5.70 Å². The Morgan fingerprint density at radius 2 is 2.14 bits per heavy atom. The monoisotopic (exact) mass is 215 g/mol. The topological polar surface area (TPSA) is 55.4 Å². The number of allylic oxidation sites excluding steroid dienone is 1. The molecule has 5 heteroatoms. The zero-order valence-electron chi connectivity index (χ0n) is 8.04. The zero-order valence-corrected chi connectivity index (χ0v) is 8.86. The fraction of sp³-hybridized carbons (Fsp3) is 0.556. The number of esters is 1. The number of rotatable bonds is 3. The molecule has 0 unspecified atom stereocenters. The van der Waals surface area contributed by atoms with E-state index < -0.39 is 5.97 Å². The second-order valence-electron chi connectivity index (χ2n) is 2.84. The highest BCUT2D eigenvalue weighted by Crippen LogP contribution is 2.24. The van der Waals surface area contributed by atoms with Crippen LogP contribution in [0.25, 0.3) is 0 Å². The lowest BCUT2D eigenvalue weighted by atomic mass is 10.1. The van der Waals surface area contributed by atoms with Crippen LogP contribution in [0, 0.1) is 0 Å². The number of carbonyl (C=O) groups excluding carboxylic acids is 2. The predicted molar refractivity (Wildman–Crippen MR) is 54.8 cm³/mol. The summed E-state index contributed by atoms with van der Waals surface area (Å²) in [6.07, 6.45) is 2.20. The summed E-state index contributed by atoms with van der Waals surface area (Å²) in [5, 5.41) is 2.42. The maximum Gasteiger partial charge on any atom is 0.354 e. The van der Waals surface area contributed by atoms with Crippen LogP contribution >= 0.6 is 11.8 Å². The summed E-state index contributed by atoms with van der Waals surface area (Å²) < 4.78 is 4.59. The molecular weight excluding hydrogens is 202 g/mol. The molecule has 0 aliphatic carbocycles. The number of carbonyl (C=O) groups is 2. The molecule has 4 nitrogen and oxygen atoms in total. The Balaban J connectivity index is 2.81. The number of methoxy groups -OCH3 is 1. The molecule has 0 atom stereocenters. The van der Waals surface area contributed by atoms with Gasteiger partial charge in [-0.1, -0.05) is 0 Å². The van der Waals surface area contributed by atoms with Crippen LogP contribution in [0.5, 0.6) is 0 Å². The highest BCUT2D eigenvalue weighted by Gasteiger charge is 2.17. The SMILES string of the molecule is COC(=O)C(NC=O)=C1CCSCC1. The molecule has 0 bridgehead atoms. The first-order valence-corrected chi connectivity index (χ1v) is 5.53. The second kappa shape index (κ2) is 5.70. The molecule has 0 saturated carbocycles. The standard InChI is InChI=1S/C9H13NO3S/c1-13-9(12)8(10-6-11)7-2-4-14-5-3-7/h6H,2-5H2,1H3,(H,10,11). The van der Waals surface area contributed by atoms with Crippen LogP contribution in [0.4, 0.5) is 0 Å². The molecule has 1 amide bonds. The molecule has 1 saturated heterocycles. The third-order valence-electron chi connectivity index (χ3n) is 2.04. The smallest absolute Gasteiger partial charge is 0.354 e. The van der Waals surface area contributed by atoms with Crippen LogP contribution in [0.15, 0.2) is 11.3 Å². The van der Waals surface area contributed by atoms with Crippen molar-refractivity contribution in [3.05, 3.63) is 11.3 Å². The first kappa shape index (κ1) is 11.1. The number of nitrogens with one attached hydrogen (secondary N) is 1. The molecule has 0 radical (unpaired) electrons. The molecule has 1 rings (SSSR count). The highest BCUT2D eigenvalue weighted by atomic mass is 32.2. The summed E-state index contributed by atoms with van der Waals surface area (Å²) in [4.78, 5) is 21.6. The zero-order chi connectivity index (χ0) is 10.4. The van der Waals surface area contributed by atoms with Gasteiger partial charge < -0.3 is 10.1 Å². The van der Waals surface area contributed by atoms with Crippen molar-refractivity contribution in [3.8, 4) is 0 Å². The van der Waals surface area contributed by atoms with Gasteiger partial charge in [-0.3, -0.25) is 4.79 Å². The van der Waals surface area contributed by atoms with Crippen LogP contribution < -0.4 is 5.32 Å². The van der Waals surface area contributed by atoms with E-state index in [-0.39, 0.29) is 0 Å². The van der Waals surface area contributed by atoms with E-state index in [1.807, 2.05) is 11.8 Å². The first-order chi connectivity index (χ1) is 6.79. The molecule has 1 aliphatic heterocycles. The summed E-state index contributed by atoms with van der Waals surface area (Å²) in [5.74, 6) is 1.53. The molecule has 1 aliphatic rings. The Hall–Kier alpha value is -0.970. The number of thioether (sulfide) groups is 1. The van der Waals surface area contributed by atoms with Gasteiger partial charge in [0.25, 0.3) is 0 Å². The fourth-order valence-electron chi connectivity index (χ4n) is 1.33. The Kier molecular flexibility index (Phi) is 4.52. The molecule has 0 aromatic rings. The minimum absolute atomic E-state index is 0.322. The number of hydrogen-bond acceptors (Lipinski definition) is 4. The van der Waals surface area contributed by atoms with Gasteiger partial charge in [0.2, 0.25) is 6.41 Å². The van der Waals surface area contributed by atoms with Gasteiger partial charge in [-0.25, -0.2) is 4.79 Å². The Morgan fingerprint density at radius 1 is 1.50 bits per heavy atom. The molecule has 14 heavy (non-hydrogen) atoms. The van der Waals surface area contributed by atoms with Gasteiger partial charge in [0.15, 0.2) is 0 Å². The van der Waals surface area contributed by atoms with E-state index in [1.54, 1.807) is 0 Å². The van der Waals surface area contributed by atoms with Crippen molar-refractivity contribution in [2.75, 3.05) is 18.6 Å². The van der Waals surface area contributed by atoms with Crippen LogP contribution in [0.2, 0.25) is 0 Å². The molecular formula is C9H13NO3S. The summed E-state index contributed by atoms with van der Waals surface area (Å²) in [5.41, 5.74) is 1.31. The lowest BCUT2D eigenvalue weighted by molar-refractivity contribution is -0.137. The molecule has 0 aromatic heterocycles. The van der Waals surface area contributed by atoms with Crippen molar-refractivity contribution in [2.45, 2.75) is 12.8 Å². The molecule has 0 spiro atoms.